The van der Waals surface area contributed by atoms with E-state index in [1.807, 2.05) is 25.8 Å². The van der Waals surface area contributed by atoms with Crippen LogP contribution in [0, 0.1) is 0 Å². The second-order valence-electron chi connectivity index (χ2n) is 4.79. The lowest BCUT2D eigenvalue weighted by Gasteiger charge is -2.16. The second kappa shape index (κ2) is 6.01. The Morgan fingerprint density at radius 2 is 2.21 bits per heavy atom. The first-order valence-corrected chi connectivity index (χ1v) is 6.67. The fourth-order valence-electron chi connectivity index (χ4n) is 2.07. The van der Waals surface area contributed by atoms with E-state index in [1.54, 1.807) is 4.90 Å². The van der Waals surface area contributed by atoms with E-state index in [-0.39, 0.29) is 11.9 Å². The van der Waals surface area contributed by atoms with Gasteiger partial charge >= 0.3 is 6.01 Å². The Labute approximate surface area is 113 Å². The van der Waals surface area contributed by atoms with Gasteiger partial charge in [-0.05, 0) is 19.9 Å². The van der Waals surface area contributed by atoms with Crippen LogP contribution in [0.15, 0.2) is 4.42 Å². The number of nitrogens with one attached hydrogen (secondary N) is 1. The number of carbonyl (C=O) groups excluding carboxylic acids is 1. The van der Waals surface area contributed by atoms with Crippen molar-refractivity contribution in [3.8, 4) is 0 Å². The Hall–Kier alpha value is -1.63. The summed E-state index contributed by atoms with van der Waals surface area (Å²) in [6.45, 7) is 6.66. The van der Waals surface area contributed by atoms with E-state index in [2.05, 4.69) is 15.5 Å². The standard InChI is InChI=1S/C12H21N5O2/c1-4-13-9(2)11-14-15-12(19-11)17-7-5-6-16(3)10(18)8-17/h9,13H,4-8H2,1-3H3. The normalized spacial score (nSPS) is 18.6. The van der Waals surface area contributed by atoms with Crippen molar-refractivity contribution in [2.45, 2.75) is 26.3 Å². The molecule has 0 spiro atoms. The first-order valence-electron chi connectivity index (χ1n) is 6.67. The van der Waals surface area contributed by atoms with Crippen molar-refractivity contribution in [3.63, 3.8) is 0 Å². The Morgan fingerprint density at radius 1 is 1.42 bits per heavy atom. The largest absolute Gasteiger partial charge is 0.406 e. The number of likely N-dealkylation sites (N-methyl/N-ethyl adjacent to an activating group) is 1. The highest BCUT2D eigenvalue weighted by Gasteiger charge is 2.23. The number of anilines is 1. The molecule has 0 saturated carbocycles. The van der Waals surface area contributed by atoms with Gasteiger partial charge in [0.2, 0.25) is 11.8 Å². The topological polar surface area (TPSA) is 74.5 Å². The molecule has 1 atom stereocenters. The molecule has 1 saturated heterocycles. The molecule has 1 amide bonds. The minimum atomic E-state index is 0.0246. The van der Waals surface area contributed by atoms with Crippen molar-refractivity contribution >= 4 is 11.9 Å². The van der Waals surface area contributed by atoms with Crippen LogP contribution in [-0.2, 0) is 4.79 Å². The zero-order chi connectivity index (χ0) is 13.8. The van der Waals surface area contributed by atoms with Gasteiger partial charge in [-0.15, -0.1) is 5.10 Å². The highest BCUT2D eigenvalue weighted by atomic mass is 16.4. The molecule has 0 radical (unpaired) electrons. The Kier molecular flexibility index (Phi) is 4.36. The van der Waals surface area contributed by atoms with Gasteiger partial charge in [-0.2, -0.15) is 0 Å². The molecule has 1 aliphatic heterocycles. The maximum Gasteiger partial charge on any atom is 0.318 e. The Bertz CT molecular complexity index is 434. The van der Waals surface area contributed by atoms with Crippen LogP contribution < -0.4 is 10.2 Å². The molecular formula is C12H21N5O2. The third-order valence-corrected chi connectivity index (χ3v) is 3.25. The van der Waals surface area contributed by atoms with Crippen LogP contribution in [0.5, 0.6) is 0 Å². The predicted octanol–water partition coefficient (Wildman–Crippen LogP) is 0.409. The van der Waals surface area contributed by atoms with Gasteiger partial charge in [0.05, 0.1) is 6.04 Å². The molecule has 0 aromatic carbocycles. The monoisotopic (exact) mass is 267 g/mol. The average Bonchev–Trinajstić information content (AvgIpc) is 2.81. The third-order valence-electron chi connectivity index (χ3n) is 3.25. The summed E-state index contributed by atoms with van der Waals surface area (Å²) in [7, 11) is 1.82. The summed E-state index contributed by atoms with van der Waals surface area (Å²) < 4.78 is 5.65. The molecule has 19 heavy (non-hydrogen) atoms. The van der Waals surface area contributed by atoms with Gasteiger partial charge in [0.1, 0.15) is 6.54 Å². The number of hydrogen-bond donors (Lipinski definition) is 1. The van der Waals surface area contributed by atoms with Crippen LogP contribution in [0.25, 0.3) is 0 Å². The molecule has 7 heteroatoms. The SMILES string of the molecule is CCNC(C)c1nnc(N2CCCN(C)C(=O)C2)o1. The zero-order valence-corrected chi connectivity index (χ0v) is 11.7. The maximum absolute atomic E-state index is 11.8. The quantitative estimate of drug-likeness (QED) is 0.851. The minimum absolute atomic E-state index is 0.0246. The number of nitrogens with zero attached hydrogens (tertiary/aromatic N) is 4. The van der Waals surface area contributed by atoms with Crippen molar-refractivity contribution in [2.75, 3.05) is 38.1 Å². The summed E-state index contributed by atoms with van der Waals surface area (Å²) in [5.41, 5.74) is 0. The van der Waals surface area contributed by atoms with Gasteiger partial charge in [0, 0.05) is 20.1 Å². The van der Waals surface area contributed by atoms with E-state index in [9.17, 15) is 4.79 Å². The van der Waals surface area contributed by atoms with E-state index in [0.29, 0.717) is 18.5 Å². The molecular weight excluding hydrogens is 246 g/mol. The number of hydrogen-bond acceptors (Lipinski definition) is 6. The minimum Gasteiger partial charge on any atom is -0.406 e. The maximum atomic E-state index is 11.8. The van der Waals surface area contributed by atoms with Crippen molar-refractivity contribution < 1.29 is 9.21 Å². The second-order valence-corrected chi connectivity index (χ2v) is 4.79. The number of aromatic nitrogens is 2. The van der Waals surface area contributed by atoms with Crippen LogP contribution >= 0.6 is 0 Å². The molecule has 0 bridgehead atoms. The first-order chi connectivity index (χ1) is 9.11. The van der Waals surface area contributed by atoms with E-state index >= 15 is 0 Å². The van der Waals surface area contributed by atoms with E-state index in [4.69, 9.17) is 4.42 Å². The van der Waals surface area contributed by atoms with Crippen LogP contribution in [0.2, 0.25) is 0 Å². The van der Waals surface area contributed by atoms with Crippen LogP contribution in [0.3, 0.4) is 0 Å². The van der Waals surface area contributed by atoms with E-state index in [1.165, 1.54) is 0 Å². The van der Waals surface area contributed by atoms with E-state index in [0.717, 1.165) is 26.1 Å². The molecule has 1 aliphatic rings. The summed E-state index contributed by atoms with van der Waals surface area (Å²) in [5, 5.41) is 11.3. The Morgan fingerprint density at radius 3 is 2.95 bits per heavy atom. The van der Waals surface area contributed by atoms with Gasteiger partial charge in [0.25, 0.3) is 0 Å². The third kappa shape index (κ3) is 3.23. The van der Waals surface area contributed by atoms with Gasteiger partial charge < -0.3 is 19.5 Å². The fourth-order valence-corrected chi connectivity index (χ4v) is 2.07. The number of rotatable bonds is 4. The van der Waals surface area contributed by atoms with Crippen molar-refractivity contribution in [3.05, 3.63) is 5.89 Å². The number of carbonyl (C=O) groups is 1. The summed E-state index contributed by atoms with van der Waals surface area (Å²) in [6, 6.07) is 0.458. The molecule has 2 rings (SSSR count). The van der Waals surface area contributed by atoms with Crippen molar-refractivity contribution in [1.82, 2.24) is 20.4 Å². The van der Waals surface area contributed by atoms with Gasteiger partial charge in [-0.1, -0.05) is 12.0 Å². The molecule has 2 heterocycles. The van der Waals surface area contributed by atoms with Crippen molar-refractivity contribution in [2.24, 2.45) is 0 Å². The molecule has 1 aromatic rings. The molecule has 1 unspecified atom stereocenters. The van der Waals surface area contributed by atoms with Crippen LogP contribution in [0.4, 0.5) is 6.01 Å². The summed E-state index contributed by atoms with van der Waals surface area (Å²) in [4.78, 5) is 15.4. The zero-order valence-electron chi connectivity index (χ0n) is 11.7. The molecule has 1 fully saturated rings. The highest BCUT2D eigenvalue weighted by molar-refractivity contribution is 5.80. The average molecular weight is 267 g/mol. The Balaban J connectivity index is 2.07. The van der Waals surface area contributed by atoms with Crippen molar-refractivity contribution in [1.29, 1.82) is 0 Å². The highest BCUT2D eigenvalue weighted by Crippen LogP contribution is 2.18. The molecule has 1 aromatic heterocycles. The predicted molar refractivity (Wildman–Crippen MR) is 70.9 cm³/mol. The molecule has 0 aliphatic carbocycles. The summed E-state index contributed by atoms with van der Waals surface area (Å²) in [5.74, 6) is 0.638. The molecule has 7 nitrogen and oxygen atoms in total. The molecule has 1 N–H and O–H groups in total. The van der Waals surface area contributed by atoms with Gasteiger partial charge in [0.15, 0.2) is 0 Å². The van der Waals surface area contributed by atoms with Crippen LogP contribution in [0.1, 0.15) is 32.2 Å². The fraction of sp³-hybridized carbons (Fsp3) is 0.750. The summed E-state index contributed by atoms with van der Waals surface area (Å²) in [6.07, 6.45) is 0.905. The van der Waals surface area contributed by atoms with Crippen LogP contribution in [-0.4, -0.2) is 54.2 Å². The first kappa shape index (κ1) is 13.8. The lowest BCUT2D eigenvalue weighted by molar-refractivity contribution is -0.127. The lowest BCUT2D eigenvalue weighted by atomic mass is 10.3. The number of amides is 1. The van der Waals surface area contributed by atoms with Gasteiger partial charge in [-0.25, -0.2) is 0 Å². The summed E-state index contributed by atoms with van der Waals surface area (Å²) >= 11 is 0. The lowest BCUT2D eigenvalue weighted by Crippen LogP contribution is -2.34. The van der Waals surface area contributed by atoms with E-state index < -0.39 is 0 Å². The molecule has 106 valence electrons. The smallest absolute Gasteiger partial charge is 0.318 e. The van der Waals surface area contributed by atoms with Gasteiger partial charge in [-0.3, -0.25) is 4.79 Å².